The highest BCUT2D eigenvalue weighted by molar-refractivity contribution is 5.95. The summed E-state index contributed by atoms with van der Waals surface area (Å²) in [4.78, 5) is 23.9. The van der Waals surface area contributed by atoms with Crippen molar-refractivity contribution in [1.29, 1.82) is 0 Å². The van der Waals surface area contributed by atoms with Gasteiger partial charge in [-0.2, -0.15) is 0 Å². The molecule has 0 unspecified atom stereocenters. The number of rotatable bonds is 5. The molecule has 2 aromatic rings. The first-order valence-corrected chi connectivity index (χ1v) is 8.05. The molecular formula is C19H21F2N3O2. The Balaban J connectivity index is 1.95. The minimum atomic E-state index is -0.716. The SMILES string of the molecule is CC(C)(C)C(=O)Nc1cccc(NCC(=O)Nc2cc(F)ccc2F)c1. The average Bonchev–Trinajstić information content (AvgIpc) is 2.56. The molecule has 0 aliphatic heterocycles. The third-order valence-corrected chi connectivity index (χ3v) is 3.46. The molecule has 3 N–H and O–H groups in total. The molecule has 0 fully saturated rings. The van der Waals surface area contributed by atoms with Crippen molar-refractivity contribution in [2.45, 2.75) is 20.8 Å². The smallest absolute Gasteiger partial charge is 0.243 e. The van der Waals surface area contributed by atoms with Gasteiger partial charge in [0.2, 0.25) is 11.8 Å². The Bertz CT molecular complexity index is 817. The first-order chi connectivity index (χ1) is 12.1. The van der Waals surface area contributed by atoms with Crippen LogP contribution in [-0.2, 0) is 9.59 Å². The van der Waals surface area contributed by atoms with Gasteiger partial charge in [0.15, 0.2) is 0 Å². The summed E-state index contributed by atoms with van der Waals surface area (Å²) in [7, 11) is 0. The molecule has 0 aromatic heterocycles. The molecule has 0 radical (unpaired) electrons. The summed E-state index contributed by atoms with van der Waals surface area (Å²) < 4.78 is 26.6. The van der Waals surface area contributed by atoms with Gasteiger partial charge in [0.1, 0.15) is 11.6 Å². The van der Waals surface area contributed by atoms with Gasteiger partial charge in [0.25, 0.3) is 0 Å². The van der Waals surface area contributed by atoms with Crippen LogP contribution in [-0.4, -0.2) is 18.4 Å². The highest BCUT2D eigenvalue weighted by Gasteiger charge is 2.21. The lowest BCUT2D eigenvalue weighted by atomic mass is 9.95. The number of nitrogens with one attached hydrogen (secondary N) is 3. The van der Waals surface area contributed by atoms with Crippen molar-refractivity contribution < 1.29 is 18.4 Å². The van der Waals surface area contributed by atoms with E-state index in [1.54, 1.807) is 45.0 Å². The first-order valence-electron chi connectivity index (χ1n) is 8.05. The summed E-state index contributed by atoms with van der Waals surface area (Å²) >= 11 is 0. The van der Waals surface area contributed by atoms with E-state index >= 15 is 0 Å². The van der Waals surface area contributed by atoms with Crippen LogP contribution in [0.1, 0.15) is 20.8 Å². The fourth-order valence-corrected chi connectivity index (χ4v) is 2.00. The van der Waals surface area contributed by atoms with E-state index in [9.17, 15) is 18.4 Å². The Labute approximate surface area is 150 Å². The van der Waals surface area contributed by atoms with Crippen LogP contribution in [0.3, 0.4) is 0 Å². The lowest BCUT2D eigenvalue weighted by Crippen LogP contribution is -2.27. The van der Waals surface area contributed by atoms with E-state index in [2.05, 4.69) is 16.0 Å². The molecule has 5 nitrogen and oxygen atoms in total. The molecule has 0 saturated carbocycles. The summed E-state index contributed by atoms with van der Waals surface area (Å²) in [5.74, 6) is -2.02. The highest BCUT2D eigenvalue weighted by atomic mass is 19.1. The van der Waals surface area contributed by atoms with E-state index in [0.717, 1.165) is 18.2 Å². The van der Waals surface area contributed by atoms with Crippen LogP contribution in [0.15, 0.2) is 42.5 Å². The summed E-state index contributed by atoms with van der Waals surface area (Å²) in [6.07, 6.45) is 0. The minimum Gasteiger partial charge on any atom is -0.376 e. The van der Waals surface area contributed by atoms with Gasteiger partial charge in [-0.1, -0.05) is 26.8 Å². The Hall–Kier alpha value is -2.96. The van der Waals surface area contributed by atoms with Crippen LogP contribution in [0.2, 0.25) is 0 Å². The molecule has 26 heavy (non-hydrogen) atoms. The molecule has 2 amide bonds. The van der Waals surface area contributed by atoms with Gasteiger partial charge in [-0.3, -0.25) is 9.59 Å². The molecule has 0 aliphatic rings. The fraction of sp³-hybridized carbons (Fsp3) is 0.263. The Kier molecular flexibility index (Phi) is 5.92. The maximum absolute atomic E-state index is 13.5. The van der Waals surface area contributed by atoms with Gasteiger partial charge in [-0.05, 0) is 30.3 Å². The van der Waals surface area contributed by atoms with Crippen LogP contribution in [0, 0.1) is 17.0 Å². The molecule has 0 aliphatic carbocycles. The van der Waals surface area contributed by atoms with Gasteiger partial charge in [-0.15, -0.1) is 0 Å². The second-order valence-corrected chi connectivity index (χ2v) is 6.81. The summed E-state index contributed by atoms with van der Waals surface area (Å²) in [5, 5.41) is 7.97. The van der Waals surface area contributed by atoms with Crippen molar-refractivity contribution in [3.8, 4) is 0 Å². The summed E-state index contributed by atoms with van der Waals surface area (Å²) in [6.45, 7) is 5.27. The van der Waals surface area contributed by atoms with Gasteiger partial charge >= 0.3 is 0 Å². The lowest BCUT2D eigenvalue weighted by molar-refractivity contribution is -0.123. The molecule has 0 bridgehead atoms. The third-order valence-electron chi connectivity index (χ3n) is 3.46. The summed E-state index contributed by atoms with van der Waals surface area (Å²) in [6, 6.07) is 9.69. The van der Waals surface area contributed by atoms with E-state index in [-0.39, 0.29) is 18.1 Å². The maximum atomic E-state index is 13.5. The van der Waals surface area contributed by atoms with Crippen molar-refractivity contribution in [2.75, 3.05) is 22.5 Å². The quantitative estimate of drug-likeness (QED) is 0.754. The zero-order chi connectivity index (χ0) is 19.3. The predicted molar refractivity (Wildman–Crippen MR) is 98.0 cm³/mol. The number of halogens is 2. The van der Waals surface area contributed by atoms with E-state index in [0.29, 0.717) is 11.4 Å². The number of hydrogen-bond acceptors (Lipinski definition) is 3. The van der Waals surface area contributed by atoms with Gasteiger partial charge in [0.05, 0.1) is 12.2 Å². The van der Waals surface area contributed by atoms with Gasteiger partial charge < -0.3 is 16.0 Å². The maximum Gasteiger partial charge on any atom is 0.243 e. The Morgan fingerprint density at radius 1 is 0.962 bits per heavy atom. The zero-order valence-corrected chi connectivity index (χ0v) is 14.8. The molecule has 0 spiro atoms. The minimum absolute atomic E-state index is 0.131. The fourth-order valence-electron chi connectivity index (χ4n) is 2.00. The molecule has 0 saturated heterocycles. The van der Waals surface area contributed by atoms with Crippen LogP contribution in [0.5, 0.6) is 0 Å². The van der Waals surface area contributed by atoms with E-state index in [1.807, 2.05) is 0 Å². The van der Waals surface area contributed by atoms with Crippen molar-refractivity contribution in [1.82, 2.24) is 0 Å². The number of anilines is 3. The molecule has 138 valence electrons. The molecular weight excluding hydrogens is 340 g/mol. The molecule has 0 atom stereocenters. The molecule has 2 rings (SSSR count). The monoisotopic (exact) mass is 361 g/mol. The molecule has 2 aromatic carbocycles. The van der Waals surface area contributed by atoms with Gasteiger partial charge in [-0.25, -0.2) is 8.78 Å². The van der Waals surface area contributed by atoms with Crippen molar-refractivity contribution >= 4 is 28.9 Å². The van der Waals surface area contributed by atoms with Crippen LogP contribution in [0.25, 0.3) is 0 Å². The van der Waals surface area contributed by atoms with Crippen LogP contribution in [0.4, 0.5) is 25.8 Å². The highest BCUT2D eigenvalue weighted by Crippen LogP contribution is 2.20. The first kappa shape index (κ1) is 19.4. The third kappa shape index (κ3) is 5.54. The zero-order valence-electron chi connectivity index (χ0n) is 14.8. The van der Waals surface area contributed by atoms with Crippen LogP contribution >= 0.6 is 0 Å². The van der Waals surface area contributed by atoms with E-state index < -0.39 is 23.0 Å². The standard InChI is InChI=1S/C19H21F2N3O2/c1-19(2,3)18(26)23-14-6-4-5-13(10-14)22-11-17(25)24-16-9-12(20)7-8-15(16)21/h4-10,22H,11H2,1-3H3,(H,23,26)(H,24,25). The number of benzene rings is 2. The Morgan fingerprint density at radius 2 is 1.65 bits per heavy atom. The van der Waals surface area contributed by atoms with Gasteiger partial charge in [0, 0.05) is 22.9 Å². The largest absolute Gasteiger partial charge is 0.376 e. The van der Waals surface area contributed by atoms with Crippen molar-refractivity contribution in [3.05, 3.63) is 54.1 Å². The number of carbonyl (C=O) groups is 2. The summed E-state index contributed by atoms with van der Waals surface area (Å²) in [5.41, 5.74) is 0.444. The predicted octanol–water partition coefficient (Wildman–Crippen LogP) is 4.00. The van der Waals surface area contributed by atoms with E-state index in [4.69, 9.17) is 0 Å². The number of amides is 2. The number of hydrogen-bond donors (Lipinski definition) is 3. The normalized spacial score (nSPS) is 11.0. The lowest BCUT2D eigenvalue weighted by Gasteiger charge is -2.18. The second kappa shape index (κ2) is 7.95. The van der Waals surface area contributed by atoms with Crippen molar-refractivity contribution in [3.63, 3.8) is 0 Å². The Morgan fingerprint density at radius 3 is 2.35 bits per heavy atom. The topological polar surface area (TPSA) is 70.2 Å². The molecule has 0 heterocycles. The average molecular weight is 361 g/mol. The van der Waals surface area contributed by atoms with E-state index in [1.165, 1.54) is 0 Å². The van der Waals surface area contributed by atoms with Crippen LogP contribution < -0.4 is 16.0 Å². The van der Waals surface area contributed by atoms with Crippen molar-refractivity contribution in [2.24, 2.45) is 5.41 Å². The second-order valence-electron chi connectivity index (χ2n) is 6.81. The number of carbonyl (C=O) groups excluding carboxylic acids is 2. The molecule has 7 heteroatoms.